The monoisotopic (exact) mass is 1130 g/mol. The van der Waals surface area contributed by atoms with Gasteiger partial charge in [0.05, 0.1) is 45.2 Å². The molecule has 80 heavy (non-hydrogen) atoms. The third-order valence-electron chi connectivity index (χ3n) is 17.2. The molecule has 0 saturated heterocycles. The van der Waals surface area contributed by atoms with Crippen LogP contribution in [0.4, 0.5) is 0 Å². The van der Waals surface area contributed by atoms with Crippen molar-refractivity contribution in [1.29, 1.82) is 0 Å². The molecule has 6 heteroatoms. The van der Waals surface area contributed by atoms with Gasteiger partial charge in [-0.25, -0.2) is 0 Å². The van der Waals surface area contributed by atoms with Gasteiger partial charge in [0.1, 0.15) is 11.5 Å². The Kier molecular flexibility index (Phi) is 30.5. The molecule has 0 N–H and O–H groups in total. The molecule has 0 fully saturated rings. The lowest BCUT2D eigenvalue weighted by Crippen LogP contribution is -2.03. The summed E-state index contributed by atoms with van der Waals surface area (Å²) < 4.78 is 33.5. The molecular formula is C74H110O4S2. The van der Waals surface area contributed by atoms with Crippen LogP contribution >= 0.6 is 22.7 Å². The van der Waals surface area contributed by atoms with Crippen molar-refractivity contribution in [3.8, 4) is 23.0 Å². The second-order valence-corrected chi connectivity index (χ2v) is 26.0. The summed E-state index contributed by atoms with van der Waals surface area (Å²) in [4.78, 5) is 0. The Morgan fingerprint density at radius 1 is 0.263 bits per heavy atom. The van der Waals surface area contributed by atoms with Crippen LogP contribution in [0.2, 0.25) is 0 Å². The van der Waals surface area contributed by atoms with Gasteiger partial charge in [-0.3, -0.25) is 0 Å². The summed E-state index contributed by atoms with van der Waals surface area (Å²) in [5.41, 5.74) is 0. The van der Waals surface area contributed by atoms with E-state index in [1.807, 2.05) is 22.7 Å². The maximum absolute atomic E-state index is 7.31. The number of rotatable bonds is 48. The van der Waals surface area contributed by atoms with Crippen molar-refractivity contribution in [3.63, 3.8) is 0 Å². The zero-order valence-corrected chi connectivity index (χ0v) is 53.0. The first-order valence-corrected chi connectivity index (χ1v) is 35.6. The van der Waals surface area contributed by atoms with E-state index in [0.717, 1.165) is 61.9 Å². The normalized spacial score (nSPS) is 11.9. The van der Waals surface area contributed by atoms with Crippen molar-refractivity contribution in [3.05, 3.63) is 60.7 Å². The van der Waals surface area contributed by atoms with Gasteiger partial charge in [0.2, 0.25) is 0 Å². The first kappa shape index (κ1) is 63.8. The number of ether oxygens (including phenoxy) is 4. The Labute approximate surface area is 495 Å². The molecule has 0 aliphatic rings. The lowest BCUT2D eigenvalue weighted by Gasteiger charge is -2.16. The number of hydrogen-bond acceptors (Lipinski definition) is 6. The first-order chi connectivity index (χ1) is 39.7. The molecule has 4 nitrogen and oxygen atoms in total. The minimum absolute atomic E-state index is 0.684. The van der Waals surface area contributed by atoms with E-state index in [2.05, 4.69) is 88.4 Å². The third-order valence-corrected chi connectivity index (χ3v) is 19.6. The molecule has 7 rings (SSSR count). The molecule has 2 aromatic heterocycles. The summed E-state index contributed by atoms with van der Waals surface area (Å²) in [5, 5.41) is 10.2. The molecule has 5 aromatic carbocycles. The fraction of sp³-hybridized carbons (Fsp3) is 0.649. The fourth-order valence-corrected chi connectivity index (χ4v) is 15.0. The number of benzene rings is 5. The predicted molar refractivity (Wildman–Crippen MR) is 357 cm³/mol. The highest BCUT2D eigenvalue weighted by atomic mass is 32.1. The standard InChI is InChI=1S/C74H110O4S2/c1-5-9-13-17-21-25-29-33-37-45-53-75-63-57-59-49-41-43-51-61(59)65-67-68-66-62-52-44-42-50-60(62)58-64(76-54-46-38-34-30-26-22-18-14-10-6-2)72(66)80-74(68)70(78-56-48-40-36-32-28-24-20-16-12-8-4)69(73(67)79-71(63)65)77-55-47-39-35-31-27-23-19-15-11-7-3/h41-44,49-52,57-58H,5-40,45-48,53-56H2,1-4H3. The lowest BCUT2D eigenvalue weighted by atomic mass is 9.97. The van der Waals surface area contributed by atoms with Crippen molar-refractivity contribution >= 4 is 84.6 Å². The van der Waals surface area contributed by atoms with Crippen molar-refractivity contribution in [2.45, 2.75) is 285 Å². The van der Waals surface area contributed by atoms with Crippen LogP contribution in [0.3, 0.4) is 0 Å². The highest BCUT2D eigenvalue weighted by Gasteiger charge is 2.29. The second kappa shape index (κ2) is 38.2. The molecule has 0 amide bonds. The van der Waals surface area contributed by atoms with Gasteiger partial charge >= 0.3 is 0 Å². The summed E-state index contributed by atoms with van der Waals surface area (Å²) >= 11 is 3.76. The van der Waals surface area contributed by atoms with E-state index in [4.69, 9.17) is 18.9 Å². The summed E-state index contributed by atoms with van der Waals surface area (Å²) in [6, 6.07) is 22.7. The molecule has 442 valence electrons. The number of fused-ring (bicyclic) bond motifs is 11. The second-order valence-electron chi connectivity index (χ2n) is 24.0. The quantitative estimate of drug-likeness (QED) is 0.0356. The zero-order chi connectivity index (χ0) is 55.7. The van der Waals surface area contributed by atoms with Crippen LogP contribution in [0.1, 0.15) is 285 Å². The first-order valence-electron chi connectivity index (χ1n) is 33.9. The lowest BCUT2D eigenvalue weighted by molar-refractivity contribution is 0.264. The minimum atomic E-state index is 0.684. The van der Waals surface area contributed by atoms with E-state index < -0.39 is 0 Å². The van der Waals surface area contributed by atoms with E-state index in [-0.39, 0.29) is 0 Å². The fourth-order valence-electron chi connectivity index (χ4n) is 12.4. The topological polar surface area (TPSA) is 36.9 Å². The van der Waals surface area contributed by atoms with Crippen LogP contribution in [0.5, 0.6) is 23.0 Å². The molecule has 0 aliphatic heterocycles. The van der Waals surface area contributed by atoms with E-state index in [9.17, 15) is 0 Å². The molecule has 0 bridgehead atoms. The van der Waals surface area contributed by atoms with Gasteiger partial charge in [0, 0.05) is 21.5 Å². The number of thiophene rings is 2. The Balaban J connectivity index is 1.25. The minimum Gasteiger partial charge on any atom is -0.492 e. The molecule has 7 aromatic rings. The SMILES string of the molecule is CCCCCCCCCCCCOc1cc2ccccc2c2c1sc1c(OCCCCCCCCCCCC)c(OCCCCCCCCCCCC)c3sc4c(OCCCCCCCCCCCC)cc5ccccc5c4c3c12. The Hall–Kier alpha value is -3.74. The van der Waals surface area contributed by atoms with E-state index in [1.165, 1.54) is 293 Å². The van der Waals surface area contributed by atoms with Gasteiger partial charge in [-0.15, -0.1) is 22.7 Å². The van der Waals surface area contributed by atoms with Gasteiger partial charge in [0.15, 0.2) is 11.5 Å². The maximum atomic E-state index is 7.31. The molecule has 2 heterocycles. The summed E-state index contributed by atoms with van der Waals surface area (Å²) in [6.45, 7) is 12.1. The van der Waals surface area contributed by atoms with E-state index in [0.29, 0.717) is 13.2 Å². The third kappa shape index (κ3) is 19.7. The van der Waals surface area contributed by atoms with Crippen LogP contribution < -0.4 is 18.9 Å². The molecule has 0 spiro atoms. The van der Waals surface area contributed by atoms with Gasteiger partial charge < -0.3 is 18.9 Å². The van der Waals surface area contributed by atoms with Crippen LogP contribution in [0.15, 0.2) is 60.7 Å². The summed E-state index contributed by atoms with van der Waals surface area (Å²) in [6.07, 6.45) is 52.3. The predicted octanol–water partition coefficient (Wildman–Crippen LogP) is 25.9. The molecular weight excluding hydrogens is 1020 g/mol. The molecule has 0 aliphatic carbocycles. The zero-order valence-electron chi connectivity index (χ0n) is 51.3. The van der Waals surface area contributed by atoms with Crippen LogP contribution in [0, 0.1) is 0 Å². The molecule has 0 atom stereocenters. The maximum Gasteiger partial charge on any atom is 0.180 e. The largest absolute Gasteiger partial charge is 0.492 e. The van der Waals surface area contributed by atoms with Gasteiger partial charge in [-0.05, 0) is 59.4 Å². The van der Waals surface area contributed by atoms with Crippen LogP contribution in [-0.2, 0) is 0 Å². The van der Waals surface area contributed by atoms with Gasteiger partial charge in [-0.2, -0.15) is 0 Å². The van der Waals surface area contributed by atoms with E-state index in [1.54, 1.807) is 0 Å². The van der Waals surface area contributed by atoms with E-state index >= 15 is 0 Å². The van der Waals surface area contributed by atoms with Crippen LogP contribution in [0.25, 0.3) is 61.9 Å². The molecule has 0 radical (unpaired) electrons. The van der Waals surface area contributed by atoms with Crippen molar-refractivity contribution < 1.29 is 18.9 Å². The number of unbranched alkanes of at least 4 members (excludes halogenated alkanes) is 36. The highest BCUT2D eigenvalue weighted by molar-refractivity contribution is 7.29. The van der Waals surface area contributed by atoms with Crippen molar-refractivity contribution in [2.75, 3.05) is 26.4 Å². The Morgan fingerprint density at radius 2 is 0.512 bits per heavy atom. The highest BCUT2D eigenvalue weighted by Crippen LogP contribution is 2.58. The average Bonchev–Trinajstić information content (AvgIpc) is 4.19. The van der Waals surface area contributed by atoms with Gasteiger partial charge in [-0.1, -0.05) is 307 Å². The smallest absolute Gasteiger partial charge is 0.180 e. The van der Waals surface area contributed by atoms with Crippen molar-refractivity contribution in [1.82, 2.24) is 0 Å². The Morgan fingerprint density at radius 3 is 0.800 bits per heavy atom. The molecule has 0 saturated carbocycles. The van der Waals surface area contributed by atoms with Crippen LogP contribution in [-0.4, -0.2) is 26.4 Å². The summed E-state index contributed by atoms with van der Waals surface area (Å²) in [7, 11) is 0. The molecule has 0 unspecified atom stereocenters. The van der Waals surface area contributed by atoms with Crippen molar-refractivity contribution in [2.24, 2.45) is 0 Å². The summed E-state index contributed by atoms with van der Waals surface area (Å²) in [5.74, 6) is 3.87. The number of hydrogen-bond donors (Lipinski definition) is 0. The van der Waals surface area contributed by atoms with Gasteiger partial charge in [0.25, 0.3) is 0 Å². The average molecular weight is 1130 g/mol. The Bertz CT molecular complexity index is 2590.